The van der Waals surface area contributed by atoms with Crippen LogP contribution >= 0.6 is 0 Å². The molecule has 0 atom stereocenters. The molecule has 7 heteroatoms. The van der Waals surface area contributed by atoms with Crippen LogP contribution < -0.4 is 5.32 Å². The predicted molar refractivity (Wildman–Crippen MR) is 108 cm³/mol. The number of nitrogens with zero attached hydrogens (tertiary/aromatic N) is 1. The molecule has 1 aromatic carbocycles. The SMILES string of the molecule is O=C(CCCC1CCCCC1)NCc1ccccc1S(=O)(=O)N1CCOCC1. The summed E-state index contributed by atoms with van der Waals surface area (Å²) in [7, 11) is -3.57. The second-order valence-corrected chi connectivity index (χ2v) is 9.70. The first-order valence-corrected chi connectivity index (χ1v) is 11.9. The molecule has 1 N–H and O–H groups in total. The molecule has 28 heavy (non-hydrogen) atoms. The normalized spacial score (nSPS) is 19.4. The van der Waals surface area contributed by atoms with Crippen LogP contribution in [-0.2, 0) is 26.1 Å². The molecule has 2 fully saturated rings. The zero-order valence-electron chi connectivity index (χ0n) is 16.6. The van der Waals surface area contributed by atoms with Crippen LogP contribution in [0, 0.1) is 5.92 Å². The van der Waals surface area contributed by atoms with Gasteiger partial charge in [0.05, 0.1) is 18.1 Å². The summed E-state index contributed by atoms with van der Waals surface area (Å²) in [5.41, 5.74) is 0.634. The van der Waals surface area contributed by atoms with E-state index >= 15 is 0 Å². The minimum atomic E-state index is -3.57. The molecule has 1 amide bonds. The van der Waals surface area contributed by atoms with Gasteiger partial charge in [-0.15, -0.1) is 0 Å². The van der Waals surface area contributed by atoms with E-state index in [4.69, 9.17) is 4.74 Å². The fourth-order valence-electron chi connectivity index (χ4n) is 4.14. The molecular formula is C21H32N2O4S. The number of amides is 1. The van der Waals surface area contributed by atoms with Crippen molar-refractivity contribution in [2.45, 2.75) is 62.8 Å². The molecule has 6 nitrogen and oxygen atoms in total. The number of hydrogen-bond donors (Lipinski definition) is 1. The highest BCUT2D eigenvalue weighted by Crippen LogP contribution is 2.27. The summed E-state index contributed by atoms with van der Waals surface area (Å²) in [6, 6.07) is 6.93. The molecule has 0 aromatic heterocycles. The van der Waals surface area contributed by atoms with Crippen molar-refractivity contribution in [3.8, 4) is 0 Å². The first-order chi connectivity index (χ1) is 13.6. The first kappa shape index (κ1) is 21.3. The number of morpholine rings is 1. The Kier molecular flexibility index (Phi) is 7.88. The van der Waals surface area contributed by atoms with Gasteiger partial charge in [0.2, 0.25) is 15.9 Å². The Morgan fingerprint density at radius 3 is 2.57 bits per heavy atom. The van der Waals surface area contributed by atoms with Crippen LogP contribution in [-0.4, -0.2) is 44.9 Å². The Morgan fingerprint density at radius 2 is 1.82 bits per heavy atom. The van der Waals surface area contributed by atoms with Gasteiger partial charge in [0.25, 0.3) is 0 Å². The minimum Gasteiger partial charge on any atom is -0.379 e. The Hall–Kier alpha value is -1.44. The second-order valence-electron chi connectivity index (χ2n) is 7.80. The van der Waals surface area contributed by atoms with Gasteiger partial charge in [-0.25, -0.2) is 8.42 Å². The number of carbonyl (C=O) groups is 1. The third-order valence-electron chi connectivity index (χ3n) is 5.78. The van der Waals surface area contributed by atoms with Gasteiger partial charge in [-0.05, 0) is 30.4 Å². The highest BCUT2D eigenvalue weighted by atomic mass is 32.2. The van der Waals surface area contributed by atoms with Crippen molar-refractivity contribution in [2.75, 3.05) is 26.3 Å². The first-order valence-electron chi connectivity index (χ1n) is 10.5. The van der Waals surface area contributed by atoms with Gasteiger partial charge in [0.15, 0.2) is 0 Å². The number of benzene rings is 1. The van der Waals surface area contributed by atoms with Gasteiger partial charge in [-0.1, -0.05) is 50.3 Å². The summed E-state index contributed by atoms with van der Waals surface area (Å²) < 4.78 is 32.6. The molecule has 1 aliphatic carbocycles. The number of nitrogens with one attached hydrogen (secondary N) is 1. The summed E-state index contributed by atoms with van der Waals surface area (Å²) in [5.74, 6) is 0.773. The lowest BCUT2D eigenvalue weighted by atomic mass is 9.86. The number of ether oxygens (including phenoxy) is 1. The monoisotopic (exact) mass is 408 g/mol. The Bertz CT molecular complexity index is 739. The lowest BCUT2D eigenvalue weighted by molar-refractivity contribution is -0.121. The van der Waals surface area contributed by atoms with E-state index < -0.39 is 10.0 Å². The zero-order valence-corrected chi connectivity index (χ0v) is 17.4. The van der Waals surface area contributed by atoms with Crippen molar-refractivity contribution in [3.05, 3.63) is 29.8 Å². The smallest absolute Gasteiger partial charge is 0.243 e. The number of hydrogen-bond acceptors (Lipinski definition) is 4. The maximum atomic E-state index is 13.0. The fourth-order valence-corrected chi connectivity index (χ4v) is 5.77. The molecule has 1 heterocycles. The molecule has 3 rings (SSSR count). The maximum Gasteiger partial charge on any atom is 0.243 e. The molecule has 0 bridgehead atoms. The lowest BCUT2D eigenvalue weighted by Crippen LogP contribution is -2.41. The quantitative estimate of drug-likeness (QED) is 0.717. The van der Waals surface area contributed by atoms with Crippen LogP contribution in [0.4, 0.5) is 0 Å². The van der Waals surface area contributed by atoms with Gasteiger partial charge >= 0.3 is 0 Å². The molecular weight excluding hydrogens is 376 g/mol. The predicted octanol–water partition coefficient (Wildman–Crippen LogP) is 3.07. The molecule has 0 radical (unpaired) electrons. The standard InChI is InChI=1S/C21H32N2O4S/c24-21(12-6-9-18-7-2-1-3-8-18)22-17-19-10-4-5-11-20(19)28(25,26)23-13-15-27-16-14-23/h4-5,10-11,18H,1-3,6-9,12-17H2,(H,22,24). The molecule has 0 spiro atoms. The van der Waals surface area contributed by atoms with Crippen molar-refractivity contribution in [1.82, 2.24) is 9.62 Å². The topological polar surface area (TPSA) is 75.7 Å². The number of sulfonamides is 1. The molecule has 1 aromatic rings. The number of carbonyl (C=O) groups excluding carboxylic acids is 1. The van der Waals surface area contributed by atoms with Crippen molar-refractivity contribution in [1.29, 1.82) is 0 Å². The van der Waals surface area contributed by atoms with Crippen LogP contribution in [0.5, 0.6) is 0 Å². The highest BCUT2D eigenvalue weighted by Gasteiger charge is 2.28. The Balaban J connectivity index is 1.52. The Labute approximate surface area is 168 Å². The summed E-state index contributed by atoms with van der Waals surface area (Å²) in [6.45, 7) is 1.80. The van der Waals surface area contributed by atoms with Gasteiger partial charge in [-0.3, -0.25) is 4.79 Å². The summed E-state index contributed by atoms with van der Waals surface area (Å²) in [4.78, 5) is 12.5. The fraction of sp³-hybridized carbons (Fsp3) is 0.667. The number of rotatable bonds is 8. The van der Waals surface area contributed by atoms with Crippen LogP contribution in [0.1, 0.15) is 56.9 Å². The third-order valence-corrected chi connectivity index (χ3v) is 7.78. The molecule has 1 aliphatic heterocycles. The largest absolute Gasteiger partial charge is 0.379 e. The van der Waals surface area contributed by atoms with Gasteiger partial charge in [0.1, 0.15) is 0 Å². The van der Waals surface area contributed by atoms with E-state index in [1.165, 1.54) is 36.4 Å². The van der Waals surface area contributed by atoms with Crippen LogP contribution in [0.15, 0.2) is 29.2 Å². The minimum absolute atomic E-state index is 0.00520. The summed E-state index contributed by atoms with van der Waals surface area (Å²) >= 11 is 0. The van der Waals surface area contributed by atoms with Gasteiger partial charge in [0, 0.05) is 26.1 Å². The highest BCUT2D eigenvalue weighted by molar-refractivity contribution is 7.89. The van der Waals surface area contributed by atoms with Gasteiger partial charge < -0.3 is 10.1 Å². The Morgan fingerprint density at radius 1 is 1.11 bits per heavy atom. The molecule has 156 valence electrons. The van der Waals surface area contributed by atoms with Crippen LogP contribution in [0.3, 0.4) is 0 Å². The lowest BCUT2D eigenvalue weighted by Gasteiger charge is -2.27. The van der Waals surface area contributed by atoms with Crippen molar-refractivity contribution < 1.29 is 17.9 Å². The van der Waals surface area contributed by atoms with E-state index in [2.05, 4.69) is 5.32 Å². The van der Waals surface area contributed by atoms with E-state index in [9.17, 15) is 13.2 Å². The average Bonchev–Trinajstić information content (AvgIpc) is 2.74. The van der Waals surface area contributed by atoms with Crippen LogP contribution in [0.25, 0.3) is 0 Å². The molecule has 1 saturated heterocycles. The van der Waals surface area contributed by atoms with Crippen molar-refractivity contribution in [3.63, 3.8) is 0 Å². The zero-order chi connectivity index (χ0) is 19.8. The average molecular weight is 409 g/mol. The van der Waals surface area contributed by atoms with Crippen molar-refractivity contribution >= 4 is 15.9 Å². The van der Waals surface area contributed by atoms with E-state index in [0.29, 0.717) is 38.3 Å². The van der Waals surface area contributed by atoms with E-state index in [1.807, 2.05) is 6.07 Å². The van der Waals surface area contributed by atoms with E-state index in [0.717, 1.165) is 18.8 Å². The van der Waals surface area contributed by atoms with Gasteiger partial charge in [-0.2, -0.15) is 4.31 Å². The van der Waals surface area contributed by atoms with E-state index in [1.54, 1.807) is 18.2 Å². The summed E-state index contributed by atoms with van der Waals surface area (Å²) in [6.07, 6.45) is 9.14. The van der Waals surface area contributed by atoms with Crippen LogP contribution in [0.2, 0.25) is 0 Å². The molecule has 2 aliphatic rings. The molecule has 1 saturated carbocycles. The third kappa shape index (κ3) is 5.78. The second kappa shape index (κ2) is 10.4. The maximum absolute atomic E-state index is 13.0. The van der Waals surface area contributed by atoms with Crippen molar-refractivity contribution in [2.24, 2.45) is 5.92 Å². The molecule has 0 unspecified atom stereocenters. The van der Waals surface area contributed by atoms with E-state index in [-0.39, 0.29) is 17.3 Å². The summed E-state index contributed by atoms with van der Waals surface area (Å²) in [5, 5.41) is 2.91.